The van der Waals surface area contributed by atoms with Crippen LogP contribution in [0.2, 0.25) is 0 Å². The Bertz CT molecular complexity index is 673. The zero-order valence-corrected chi connectivity index (χ0v) is 11.8. The smallest absolute Gasteiger partial charge is 0.193 e. The van der Waals surface area contributed by atoms with E-state index in [4.69, 9.17) is 5.73 Å². The molecule has 2 heteroatoms. The molecule has 0 amide bonds. The molecule has 2 nitrogen and oxygen atoms in total. The van der Waals surface area contributed by atoms with Gasteiger partial charge in [-0.25, -0.2) is 0 Å². The summed E-state index contributed by atoms with van der Waals surface area (Å²) >= 11 is 0. The van der Waals surface area contributed by atoms with Crippen LogP contribution in [0.1, 0.15) is 45.5 Å². The fourth-order valence-electron chi connectivity index (χ4n) is 2.91. The lowest BCUT2D eigenvalue weighted by Gasteiger charge is -2.16. The van der Waals surface area contributed by atoms with E-state index in [9.17, 15) is 4.79 Å². The van der Waals surface area contributed by atoms with E-state index in [-0.39, 0.29) is 5.78 Å². The lowest BCUT2D eigenvalue weighted by molar-refractivity contribution is 0.103. The number of benzene rings is 2. The SMILES string of the molecule is Cc1ccc(N)cc1C(=O)c1ccc2c(c1)CCCC2. The Morgan fingerprint density at radius 1 is 1.00 bits per heavy atom. The van der Waals surface area contributed by atoms with Gasteiger partial charge in [0.1, 0.15) is 0 Å². The van der Waals surface area contributed by atoms with Crippen LogP contribution in [-0.2, 0) is 12.8 Å². The van der Waals surface area contributed by atoms with E-state index in [0.29, 0.717) is 11.3 Å². The van der Waals surface area contributed by atoms with Crippen LogP contribution >= 0.6 is 0 Å². The number of carbonyl (C=O) groups excluding carboxylic acids is 1. The molecular weight excluding hydrogens is 246 g/mol. The Morgan fingerprint density at radius 2 is 1.75 bits per heavy atom. The summed E-state index contributed by atoms with van der Waals surface area (Å²) in [5, 5.41) is 0. The molecule has 0 aromatic heterocycles. The maximum Gasteiger partial charge on any atom is 0.193 e. The van der Waals surface area contributed by atoms with Gasteiger partial charge >= 0.3 is 0 Å². The summed E-state index contributed by atoms with van der Waals surface area (Å²) in [6, 6.07) is 11.6. The first-order valence-corrected chi connectivity index (χ1v) is 7.18. The lowest BCUT2D eigenvalue weighted by atomic mass is 9.88. The number of nitrogen functional groups attached to an aromatic ring is 1. The number of ketones is 1. The van der Waals surface area contributed by atoms with E-state index in [1.165, 1.54) is 24.0 Å². The molecule has 0 radical (unpaired) electrons. The molecule has 0 saturated carbocycles. The fourth-order valence-corrected chi connectivity index (χ4v) is 2.91. The Morgan fingerprint density at radius 3 is 2.55 bits per heavy atom. The van der Waals surface area contributed by atoms with Crippen molar-refractivity contribution in [2.24, 2.45) is 0 Å². The van der Waals surface area contributed by atoms with Crippen molar-refractivity contribution < 1.29 is 4.79 Å². The van der Waals surface area contributed by atoms with Gasteiger partial charge in [0.25, 0.3) is 0 Å². The van der Waals surface area contributed by atoms with Crippen LogP contribution in [0, 0.1) is 6.92 Å². The molecule has 2 aromatic carbocycles. The zero-order chi connectivity index (χ0) is 14.1. The fraction of sp³-hybridized carbons (Fsp3) is 0.278. The summed E-state index contributed by atoms with van der Waals surface area (Å²) in [6.45, 7) is 1.95. The predicted octanol–water partition coefficient (Wildman–Crippen LogP) is 3.69. The van der Waals surface area contributed by atoms with Gasteiger partial charge in [-0.2, -0.15) is 0 Å². The number of fused-ring (bicyclic) bond motifs is 1. The van der Waals surface area contributed by atoms with Crippen LogP contribution in [0.25, 0.3) is 0 Å². The highest BCUT2D eigenvalue weighted by atomic mass is 16.1. The number of aryl methyl sites for hydroxylation is 3. The van der Waals surface area contributed by atoms with Crippen molar-refractivity contribution in [2.75, 3.05) is 5.73 Å². The average Bonchev–Trinajstić information content (AvgIpc) is 2.48. The van der Waals surface area contributed by atoms with Gasteiger partial charge in [0.15, 0.2) is 5.78 Å². The number of rotatable bonds is 2. The maximum atomic E-state index is 12.6. The van der Waals surface area contributed by atoms with Crippen molar-refractivity contribution in [3.63, 3.8) is 0 Å². The lowest BCUT2D eigenvalue weighted by Crippen LogP contribution is -2.08. The van der Waals surface area contributed by atoms with E-state index < -0.39 is 0 Å². The molecule has 0 atom stereocenters. The molecule has 2 aromatic rings. The molecule has 0 aliphatic heterocycles. The third kappa shape index (κ3) is 2.34. The molecule has 3 rings (SSSR count). The second-order valence-electron chi connectivity index (χ2n) is 5.59. The van der Waals surface area contributed by atoms with Gasteiger partial charge in [-0.15, -0.1) is 0 Å². The summed E-state index contributed by atoms with van der Waals surface area (Å²) in [6.07, 6.45) is 4.71. The number of hydrogen-bond acceptors (Lipinski definition) is 2. The van der Waals surface area contributed by atoms with E-state index in [1.54, 1.807) is 6.07 Å². The van der Waals surface area contributed by atoms with E-state index >= 15 is 0 Å². The van der Waals surface area contributed by atoms with E-state index in [2.05, 4.69) is 12.1 Å². The molecule has 0 bridgehead atoms. The van der Waals surface area contributed by atoms with E-state index in [0.717, 1.165) is 24.0 Å². The van der Waals surface area contributed by atoms with Gasteiger partial charge in [-0.1, -0.05) is 18.2 Å². The highest BCUT2D eigenvalue weighted by Gasteiger charge is 2.15. The van der Waals surface area contributed by atoms with Crippen molar-refractivity contribution in [1.82, 2.24) is 0 Å². The summed E-state index contributed by atoms with van der Waals surface area (Å²) in [5.74, 6) is 0.0724. The normalized spacial score (nSPS) is 13.8. The quantitative estimate of drug-likeness (QED) is 0.664. The molecule has 0 fully saturated rings. The largest absolute Gasteiger partial charge is 0.399 e. The molecule has 2 N–H and O–H groups in total. The summed E-state index contributed by atoms with van der Waals surface area (Å²) < 4.78 is 0. The van der Waals surface area contributed by atoms with Gasteiger partial charge in [-0.3, -0.25) is 4.79 Å². The van der Waals surface area contributed by atoms with E-state index in [1.807, 2.05) is 25.1 Å². The second kappa shape index (κ2) is 5.12. The van der Waals surface area contributed by atoms with Crippen LogP contribution in [0.4, 0.5) is 5.69 Å². The Hall–Kier alpha value is -2.09. The van der Waals surface area contributed by atoms with Crippen molar-refractivity contribution in [3.05, 3.63) is 64.2 Å². The molecule has 0 heterocycles. The van der Waals surface area contributed by atoms with Gasteiger partial charge in [-0.05, 0) is 67.5 Å². The third-order valence-corrected chi connectivity index (χ3v) is 4.12. The number of anilines is 1. The molecule has 1 aliphatic rings. The molecular formula is C18H19NO. The summed E-state index contributed by atoms with van der Waals surface area (Å²) in [5.41, 5.74) is 11.6. The maximum absolute atomic E-state index is 12.6. The first-order valence-electron chi connectivity index (χ1n) is 7.18. The molecule has 0 spiro atoms. The first kappa shape index (κ1) is 12.9. The van der Waals surface area contributed by atoms with Crippen LogP contribution < -0.4 is 5.73 Å². The average molecular weight is 265 g/mol. The second-order valence-corrected chi connectivity index (χ2v) is 5.59. The Balaban J connectivity index is 2.00. The van der Waals surface area contributed by atoms with Crippen molar-refractivity contribution in [3.8, 4) is 0 Å². The van der Waals surface area contributed by atoms with Gasteiger partial charge in [0, 0.05) is 16.8 Å². The Labute approximate surface area is 119 Å². The number of hydrogen-bond donors (Lipinski definition) is 1. The molecule has 1 aliphatic carbocycles. The molecule has 0 saturated heterocycles. The molecule has 102 valence electrons. The predicted molar refractivity (Wildman–Crippen MR) is 82.1 cm³/mol. The van der Waals surface area contributed by atoms with Crippen LogP contribution in [0.3, 0.4) is 0 Å². The minimum Gasteiger partial charge on any atom is -0.399 e. The monoisotopic (exact) mass is 265 g/mol. The van der Waals surface area contributed by atoms with Crippen LogP contribution in [-0.4, -0.2) is 5.78 Å². The number of carbonyl (C=O) groups is 1. The highest BCUT2D eigenvalue weighted by molar-refractivity contribution is 6.10. The topological polar surface area (TPSA) is 43.1 Å². The first-order chi connectivity index (χ1) is 9.65. The summed E-state index contributed by atoms with van der Waals surface area (Å²) in [4.78, 5) is 12.6. The van der Waals surface area contributed by atoms with Gasteiger partial charge in [0.05, 0.1) is 0 Å². The highest BCUT2D eigenvalue weighted by Crippen LogP contribution is 2.24. The molecule has 20 heavy (non-hydrogen) atoms. The van der Waals surface area contributed by atoms with Crippen molar-refractivity contribution in [1.29, 1.82) is 0 Å². The molecule has 0 unspecified atom stereocenters. The standard InChI is InChI=1S/C18H19NO/c1-12-6-9-16(19)11-17(12)18(20)15-8-7-13-4-2-3-5-14(13)10-15/h6-11H,2-5,19H2,1H3. The summed E-state index contributed by atoms with van der Waals surface area (Å²) in [7, 11) is 0. The van der Waals surface area contributed by atoms with Crippen LogP contribution in [0.15, 0.2) is 36.4 Å². The zero-order valence-electron chi connectivity index (χ0n) is 11.8. The third-order valence-electron chi connectivity index (χ3n) is 4.12. The minimum atomic E-state index is 0.0724. The van der Waals surface area contributed by atoms with Gasteiger partial charge in [0.2, 0.25) is 0 Å². The van der Waals surface area contributed by atoms with Crippen molar-refractivity contribution in [2.45, 2.75) is 32.6 Å². The van der Waals surface area contributed by atoms with Gasteiger partial charge < -0.3 is 5.73 Å². The van der Waals surface area contributed by atoms with Crippen molar-refractivity contribution >= 4 is 11.5 Å². The number of nitrogens with two attached hydrogens (primary N) is 1. The minimum absolute atomic E-state index is 0.0724. The van der Waals surface area contributed by atoms with Crippen LogP contribution in [0.5, 0.6) is 0 Å². The Kier molecular flexibility index (Phi) is 3.31.